The molecule has 0 amide bonds. The minimum atomic E-state index is 0. The van der Waals surface area contributed by atoms with Gasteiger partial charge in [-0.1, -0.05) is 33.8 Å². The summed E-state index contributed by atoms with van der Waals surface area (Å²) in [7, 11) is 0. The van der Waals surface area contributed by atoms with Crippen molar-refractivity contribution in [1.82, 2.24) is 3.96 Å². The smallest absolute Gasteiger partial charge is 0.334 e. The zero-order valence-corrected chi connectivity index (χ0v) is 8.98. The Morgan fingerprint density at radius 3 is 2.31 bits per heavy atom. The van der Waals surface area contributed by atoms with E-state index in [1.165, 1.54) is 0 Å². The fourth-order valence-electron chi connectivity index (χ4n) is 1.01. The number of para-hydroxylation sites is 1. The third-order valence-electron chi connectivity index (χ3n) is 1.56. The Balaban J connectivity index is 0.000000845. The van der Waals surface area contributed by atoms with Crippen LogP contribution in [0, 0.1) is 0 Å². The van der Waals surface area contributed by atoms with Crippen LogP contribution in [0.1, 0.15) is 0 Å². The highest BCUT2D eigenvalue weighted by Crippen LogP contribution is 2.20. The fraction of sp³-hybridized carbons (Fsp3) is 0. The molecule has 0 saturated carbocycles. The third-order valence-corrected chi connectivity index (χ3v) is 2.83. The first-order valence-corrected chi connectivity index (χ1v) is 4.80. The zero-order valence-electron chi connectivity index (χ0n) is 6.65. The monoisotopic (exact) mass is 231 g/mol. The number of hydrogen-bond donors (Lipinski definition) is 0. The Morgan fingerprint density at radius 2 is 1.77 bits per heavy atom. The number of halogens is 2. The van der Waals surface area contributed by atoms with Crippen molar-refractivity contribution in [3.8, 4) is 5.69 Å². The van der Waals surface area contributed by atoms with Crippen molar-refractivity contribution in [3.63, 3.8) is 0 Å². The predicted molar refractivity (Wildman–Crippen MR) is 53.1 cm³/mol. The van der Waals surface area contributed by atoms with Crippen LogP contribution in [-0.2, 0) is 0 Å². The van der Waals surface area contributed by atoms with Gasteiger partial charge in [0.1, 0.15) is 5.69 Å². The van der Waals surface area contributed by atoms with Crippen molar-refractivity contribution in [2.24, 2.45) is 0 Å². The van der Waals surface area contributed by atoms with Crippen molar-refractivity contribution in [1.29, 1.82) is 0 Å². The Labute approximate surface area is 92.2 Å². The van der Waals surface area contributed by atoms with Crippen LogP contribution in [0.15, 0.2) is 41.8 Å². The van der Waals surface area contributed by atoms with Crippen LogP contribution in [0.3, 0.4) is 0 Å². The second-order valence-corrected chi connectivity index (χ2v) is 3.60. The van der Waals surface area contributed by atoms with Gasteiger partial charge in [0.2, 0.25) is 5.38 Å². The molecule has 0 fully saturated rings. The molecule has 0 atom stereocenters. The largest absolute Gasteiger partial charge is 1.00 e. The van der Waals surface area contributed by atoms with Gasteiger partial charge in [-0.15, -0.1) is 0 Å². The van der Waals surface area contributed by atoms with E-state index in [-0.39, 0.29) is 12.4 Å². The second kappa shape index (κ2) is 4.61. The van der Waals surface area contributed by atoms with Crippen LogP contribution in [0.25, 0.3) is 5.69 Å². The average molecular weight is 232 g/mol. The maximum atomic E-state index is 5.95. The molecule has 0 spiro atoms. The Hall–Kier alpha value is -0.570. The van der Waals surface area contributed by atoms with Gasteiger partial charge in [0.15, 0.2) is 5.15 Å². The van der Waals surface area contributed by atoms with Crippen LogP contribution in [0.2, 0.25) is 5.15 Å². The third kappa shape index (κ3) is 2.21. The first-order chi connectivity index (χ1) is 5.88. The molecule has 0 unspecified atom stereocenters. The lowest BCUT2D eigenvalue weighted by molar-refractivity contribution is -0.00000226. The van der Waals surface area contributed by atoms with Crippen LogP contribution < -0.4 is 12.4 Å². The zero-order chi connectivity index (χ0) is 8.39. The van der Waals surface area contributed by atoms with Crippen molar-refractivity contribution in [2.45, 2.75) is 0 Å². The van der Waals surface area contributed by atoms with Gasteiger partial charge in [0.05, 0.1) is 0 Å². The maximum absolute atomic E-state index is 5.95. The lowest BCUT2D eigenvalue weighted by Crippen LogP contribution is -3.00. The van der Waals surface area contributed by atoms with Gasteiger partial charge in [-0.3, -0.25) is 0 Å². The summed E-state index contributed by atoms with van der Waals surface area (Å²) in [6, 6.07) is 11.9. The Kier molecular flexibility index (Phi) is 3.72. The molecule has 0 aliphatic rings. The quantitative estimate of drug-likeness (QED) is 0.630. The van der Waals surface area contributed by atoms with E-state index in [1.807, 2.05) is 45.7 Å². The predicted octanol–water partition coefficient (Wildman–Crippen LogP) is 0.477. The van der Waals surface area contributed by atoms with E-state index in [0.29, 0.717) is 0 Å². The molecule has 2 rings (SSSR count). The maximum Gasteiger partial charge on any atom is 0.334 e. The summed E-state index contributed by atoms with van der Waals surface area (Å²) in [5.41, 5.74) is 1.11. The molecule has 1 heterocycles. The molecule has 1 aromatic heterocycles. The van der Waals surface area contributed by atoms with Gasteiger partial charge < -0.3 is 12.4 Å². The SMILES string of the molecule is Clc1cc[s+]n1-c1ccccc1.[Cl-]. The van der Waals surface area contributed by atoms with Crippen LogP contribution in [-0.4, -0.2) is 3.96 Å². The number of rotatable bonds is 1. The summed E-state index contributed by atoms with van der Waals surface area (Å²) in [5.74, 6) is 0. The summed E-state index contributed by atoms with van der Waals surface area (Å²) in [6.07, 6.45) is 0. The number of nitrogens with zero attached hydrogens (tertiary/aromatic N) is 1. The Morgan fingerprint density at radius 1 is 1.08 bits per heavy atom. The van der Waals surface area contributed by atoms with Gasteiger partial charge in [-0.25, -0.2) is 0 Å². The number of benzene rings is 1. The molecular formula is C9H7Cl2NS. The molecule has 1 aromatic carbocycles. The highest BCUT2D eigenvalue weighted by atomic mass is 35.5. The van der Waals surface area contributed by atoms with E-state index in [2.05, 4.69) is 0 Å². The minimum absolute atomic E-state index is 0. The molecule has 0 N–H and O–H groups in total. The first-order valence-electron chi connectivity index (χ1n) is 3.59. The van der Waals surface area contributed by atoms with Crippen LogP contribution >= 0.6 is 23.1 Å². The summed E-state index contributed by atoms with van der Waals surface area (Å²) in [6.45, 7) is 0. The average Bonchev–Trinajstić information content (AvgIpc) is 2.53. The van der Waals surface area contributed by atoms with Crippen molar-refractivity contribution >= 4 is 23.1 Å². The molecule has 0 radical (unpaired) electrons. The summed E-state index contributed by atoms with van der Waals surface area (Å²) in [4.78, 5) is 0. The van der Waals surface area contributed by atoms with E-state index >= 15 is 0 Å². The van der Waals surface area contributed by atoms with E-state index < -0.39 is 0 Å². The summed E-state index contributed by atoms with van der Waals surface area (Å²) >= 11 is 7.54. The molecule has 0 bridgehead atoms. The lowest BCUT2D eigenvalue weighted by Gasteiger charge is -1.92. The highest BCUT2D eigenvalue weighted by molar-refractivity contribution is 7.05. The second-order valence-electron chi connectivity index (χ2n) is 2.36. The molecule has 1 nitrogen and oxygen atoms in total. The van der Waals surface area contributed by atoms with Gasteiger partial charge >= 0.3 is 11.5 Å². The lowest BCUT2D eigenvalue weighted by atomic mass is 10.3. The van der Waals surface area contributed by atoms with Crippen molar-refractivity contribution in [2.75, 3.05) is 0 Å². The number of hydrogen-bond acceptors (Lipinski definition) is 0. The standard InChI is InChI=1S/C9H7ClNS.ClH/c10-9-6-7-12-11(9)8-4-2-1-3-5-8;/h1-7H;1H/q+1;/p-1. The first kappa shape index (κ1) is 10.5. The fourth-order valence-corrected chi connectivity index (χ4v) is 2.08. The minimum Gasteiger partial charge on any atom is -1.00 e. The molecular weight excluding hydrogens is 225 g/mol. The van der Waals surface area contributed by atoms with Crippen LogP contribution in [0.5, 0.6) is 0 Å². The molecule has 68 valence electrons. The van der Waals surface area contributed by atoms with Gasteiger partial charge in [-0.2, -0.15) is 0 Å². The van der Waals surface area contributed by atoms with E-state index in [0.717, 1.165) is 10.8 Å². The molecule has 2 aromatic rings. The van der Waals surface area contributed by atoms with E-state index in [1.54, 1.807) is 11.5 Å². The van der Waals surface area contributed by atoms with Crippen LogP contribution in [0.4, 0.5) is 0 Å². The van der Waals surface area contributed by atoms with Gasteiger partial charge in [-0.05, 0) is 12.1 Å². The van der Waals surface area contributed by atoms with Crippen molar-refractivity contribution in [3.05, 3.63) is 46.9 Å². The van der Waals surface area contributed by atoms with Gasteiger partial charge in [0, 0.05) is 6.07 Å². The normalized spacial score (nSPS) is 9.31. The molecule has 4 heteroatoms. The van der Waals surface area contributed by atoms with Crippen molar-refractivity contribution < 1.29 is 12.4 Å². The highest BCUT2D eigenvalue weighted by Gasteiger charge is 2.09. The molecule has 0 aliphatic carbocycles. The number of aromatic nitrogens is 1. The van der Waals surface area contributed by atoms with E-state index in [9.17, 15) is 0 Å². The molecule has 0 aliphatic heterocycles. The summed E-state index contributed by atoms with van der Waals surface area (Å²) < 4.78 is 1.97. The topological polar surface area (TPSA) is 4.93 Å². The summed E-state index contributed by atoms with van der Waals surface area (Å²) in [5, 5.41) is 2.72. The van der Waals surface area contributed by atoms with Gasteiger partial charge in [0.25, 0.3) is 0 Å². The Bertz CT molecular complexity index is 372. The van der Waals surface area contributed by atoms with E-state index in [4.69, 9.17) is 11.6 Å². The molecule has 13 heavy (non-hydrogen) atoms. The molecule has 0 saturated heterocycles.